The van der Waals surface area contributed by atoms with Gasteiger partial charge < -0.3 is 10.2 Å². The molecule has 1 fully saturated rings. The molecule has 0 radical (unpaired) electrons. The summed E-state index contributed by atoms with van der Waals surface area (Å²) in [7, 11) is 4.28. The predicted octanol–water partition coefficient (Wildman–Crippen LogP) is 3.14. The third kappa shape index (κ3) is 3.44. The molecule has 2 unspecified atom stereocenters. The lowest BCUT2D eigenvalue weighted by Crippen LogP contribution is -2.52. The Bertz CT molecular complexity index is 422. The first-order chi connectivity index (χ1) is 9.02. The number of nitrogens with one attached hydrogen (secondary N) is 1. The van der Waals surface area contributed by atoms with Gasteiger partial charge in [-0.25, -0.2) is 4.98 Å². The van der Waals surface area contributed by atoms with E-state index in [1.807, 2.05) is 6.07 Å². The molecule has 0 amide bonds. The first-order valence-electron chi connectivity index (χ1n) is 7.06. The number of nitrogens with zero attached hydrogens (tertiary/aromatic N) is 2. The zero-order valence-corrected chi connectivity index (χ0v) is 12.1. The van der Waals surface area contributed by atoms with Crippen LogP contribution in [0.3, 0.4) is 0 Å². The Hall–Kier alpha value is -1.16. The van der Waals surface area contributed by atoms with Crippen LogP contribution in [-0.4, -0.2) is 36.1 Å². The van der Waals surface area contributed by atoms with E-state index in [0.717, 1.165) is 12.5 Å². The minimum Gasteiger partial charge on any atom is -0.368 e. The van der Waals surface area contributed by atoms with Crippen LogP contribution < -0.4 is 5.32 Å². The van der Waals surface area contributed by atoms with E-state index in [-0.39, 0.29) is 5.54 Å². The first kappa shape index (κ1) is 14.3. The standard InChI is InChI=1S/C15H24FN3/c1-12-6-5-9-15(10-12,19(2)3)11-17-14-8-4-7-13(16)18-14/h4,7-8,12H,5-6,9-11H2,1-3H3,(H,17,18). The molecule has 19 heavy (non-hydrogen) atoms. The highest BCUT2D eigenvalue weighted by molar-refractivity contribution is 5.34. The Kier molecular flexibility index (Phi) is 4.40. The molecule has 0 spiro atoms. The van der Waals surface area contributed by atoms with Crippen molar-refractivity contribution in [2.75, 3.05) is 26.0 Å². The lowest BCUT2D eigenvalue weighted by molar-refractivity contribution is 0.0881. The molecule has 1 aliphatic rings. The molecule has 1 aliphatic carbocycles. The number of pyridine rings is 1. The molecule has 4 heteroatoms. The fourth-order valence-corrected chi connectivity index (χ4v) is 3.12. The Labute approximate surface area is 115 Å². The van der Waals surface area contributed by atoms with Crippen LogP contribution in [0.4, 0.5) is 10.2 Å². The zero-order chi connectivity index (χ0) is 13.9. The third-order valence-electron chi connectivity index (χ3n) is 4.33. The van der Waals surface area contributed by atoms with E-state index in [0.29, 0.717) is 5.82 Å². The van der Waals surface area contributed by atoms with Gasteiger partial charge in [0.15, 0.2) is 0 Å². The van der Waals surface area contributed by atoms with E-state index in [4.69, 9.17) is 0 Å². The molecule has 1 aromatic rings. The van der Waals surface area contributed by atoms with E-state index in [1.165, 1.54) is 31.7 Å². The van der Waals surface area contributed by atoms with Gasteiger partial charge in [0.2, 0.25) is 5.95 Å². The van der Waals surface area contributed by atoms with E-state index in [1.54, 1.807) is 6.07 Å². The highest BCUT2D eigenvalue weighted by atomic mass is 19.1. The second-order valence-electron chi connectivity index (χ2n) is 6.02. The van der Waals surface area contributed by atoms with E-state index >= 15 is 0 Å². The van der Waals surface area contributed by atoms with Gasteiger partial charge in [0.05, 0.1) is 0 Å². The number of anilines is 1. The number of likely N-dealkylation sites (N-methyl/N-ethyl adjacent to an activating group) is 1. The van der Waals surface area contributed by atoms with Crippen molar-refractivity contribution in [3.8, 4) is 0 Å². The van der Waals surface area contributed by atoms with Crippen LogP contribution in [0.15, 0.2) is 18.2 Å². The molecule has 0 aliphatic heterocycles. The molecule has 2 rings (SSSR count). The Morgan fingerprint density at radius 3 is 2.89 bits per heavy atom. The molecular weight excluding hydrogens is 241 g/mol. The van der Waals surface area contributed by atoms with E-state index < -0.39 is 5.95 Å². The maximum atomic E-state index is 13.1. The van der Waals surface area contributed by atoms with E-state index in [2.05, 4.69) is 36.2 Å². The van der Waals surface area contributed by atoms with Gasteiger partial charge in [-0.15, -0.1) is 0 Å². The molecule has 3 nitrogen and oxygen atoms in total. The Morgan fingerprint density at radius 2 is 2.26 bits per heavy atom. The van der Waals surface area contributed by atoms with Gasteiger partial charge in [-0.05, 0) is 45.0 Å². The zero-order valence-electron chi connectivity index (χ0n) is 12.1. The topological polar surface area (TPSA) is 28.2 Å². The molecule has 1 aromatic heterocycles. The van der Waals surface area contributed by atoms with Gasteiger partial charge in [-0.3, -0.25) is 0 Å². The molecular formula is C15H24FN3. The molecule has 0 aromatic carbocycles. The smallest absolute Gasteiger partial charge is 0.214 e. The first-order valence-corrected chi connectivity index (χ1v) is 7.06. The molecule has 1 heterocycles. The lowest BCUT2D eigenvalue weighted by atomic mass is 9.75. The van der Waals surface area contributed by atoms with Crippen LogP contribution in [-0.2, 0) is 0 Å². The minimum absolute atomic E-state index is 0.158. The average molecular weight is 265 g/mol. The number of halogens is 1. The van der Waals surface area contributed by atoms with Gasteiger partial charge >= 0.3 is 0 Å². The van der Waals surface area contributed by atoms with Crippen molar-refractivity contribution in [2.45, 2.75) is 38.1 Å². The quantitative estimate of drug-likeness (QED) is 0.848. The number of hydrogen-bond donors (Lipinski definition) is 1. The normalized spacial score (nSPS) is 27.5. The summed E-state index contributed by atoms with van der Waals surface area (Å²) in [4.78, 5) is 6.19. The van der Waals surface area contributed by atoms with Gasteiger partial charge in [0.25, 0.3) is 0 Å². The van der Waals surface area contributed by atoms with Crippen LogP contribution >= 0.6 is 0 Å². The Morgan fingerprint density at radius 1 is 1.47 bits per heavy atom. The van der Waals surface area contributed by atoms with Crippen molar-refractivity contribution in [2.24, 2.45) is 5.92 Å². The summed E-state index contributed by atoms with van der Waals surface area (Å²) >= 11 is 0. The summed E-state index contributed by atoms with van der Waals surface area (Å²) in [6.45, 7) is 3.14. The maximum absolute atomic E-state index is 13.1. The van der Waals surface area contributed by atoms with Gasteiger partial charge in [-0.2, -0.15) is 4.39 Å². The van der Waals surface area contributed by atoms with Crippen LogP contribution in [0.1, 0.15) is 32.6 Å². The SMILES string of the molecule is CC1CCCC(CNc2cccc(F)n2)(N(C)C)C1. The number of hydrogen-bond acceptors (Lipinski definition) is 3. The second-order valence-corrected chi connectivity index (χ2v) is 6.02. The van der Waals surface area contributed by atoms with Gasteiger partial charge in [0.1, 0.15) is 5.82 Å². The fraction of sp³-hybridized carbons (Fsp3) is 0.667. The molecule has 1 saturated carbocycles. The fourth-order valence-electron chi connectivity index (χ4n) is 3.12. The van der Waals surface area contributed by atoms with Crippen molar-refractivity contribution in [1.29, 1.82) is 0 Å². The highest BCUT2D eigenvalue weighted by Crippen LogP contribution is 2.35. The largest absolute Gasteiger partial charge is 0.368 e. The average Bonchev–Trinajstić information content (AvgIpc) is 2.36. The summed E-state index contributed by atoms with van der Waals surface area (Å²) in [5.41, 5.74) is 0.158. The van der Waals surface area contributed by atoms with Crippen molar-refractivity contribution in [1.82, 2.24) is 9.88 Å². The molecule has 2 atom stereocenters. The van der Waals surface area contributed by atoms with Crippen LogP contribution in [0.25, 0.3) is 0 Å². The predicted molar refractivity (Wildman–Crippen MR) is 76.7 cm³/mol. The summed E-state index contributed by atoms with van der Waals surface area (Å²) in [5.74, 6) is 0.943. The minimum atomic E-state index is -0.430. The summed E-state index contributed by atoms with van der Waals surface area (Å²) in [6, 6.07) is 4.88. The molecule has 1 N–H and O–H groups in total. The summed E-state index contributed by atoms with van der Waals surface area (Å²) < 4.78 is 13.1. The van der Waals surface area contributed by atoms with Crippen molar-refractivity contribution >= 4 is 5.82 Å². The monoisotopic (exact) mass is 265 g/mol. The Balaban J connectivity index is 2.05. The second kappa shape index (κ2) is 5.87. The lowest BCUT2D eigenvalue weighted by Gasteiger charge is -2.45. The van der Waals surface area contributed by atoms with Crippen LogP contribution in [0.2, 0.25) is 0 Å². The van der Waals surface area contributed by atoms with Crippen molar-refractivity contribution in [3.05, 3.63) is 24.1 Å². The maximum Gasteiger partial charge on any atom is 0.214 e. The van der Waals surface area contributed by atoms with Crippen LogP contribution in [0, 0.1) is 11.9 Å². The highest BCUT2D eigenvalue weighted by Gasteiger charge is 2.36. The van der Waals surface area contributed by atoms with Crippen molar-refractivity contribution < 1.29 is 4.39 Å². The number of aromatic nitrogens is 1. The molecule has 0 bridgehead atoms. The van der Waals surface area contributed by atoms with E-state index in [9.17, 15) is 4.39 Å². The number of rotatable bonds is 4. The van der Waals surface area contributed by atoms with Crippen LogP contribution in [0.5, 0.6) is 0 Å². The summed E-state index contributed by atoms with van der Waals surface area (Å²) in [6.07, 6.45) is 4.94. The van der Waals surface area contributed by atoms with Gasteiger partial charge in [-0.1, -0.05) is 25.8 Å². The molecule has 0 saturated heterocycles. The third-order valence-corrected chi connectivity index (χ3v) is 4.33. The van der Waals surface area contributed by atoms with Crippen molar-refractivity contribution in [3.63, 3.8) is 0 Å². The summed E-state index contributed by atoms with van der Waals surface area (Å²) in [5, 5.41) is 3.31. The van der Waals surface area contributed by atoms with Gasteiger partial charge in [0, 0.05) is 12.1 Å². The molecule has 106 valence electrons.